The van der Waals surface area contributed by atoms with Crippen LogP contribution in [0.2, 0.25) is 5.02 Å². The van der Waals surface area contributed by atoms with E-state index in [0.29, 0.717) is 27.9 Å². The number of benzene rings is 3. The first kappa shape index (κ1) is 29.0. The summed E-state index contributed by atoms with van der Waals surface area (Å²) in [6.07, 6.45) is 4.47. The van der Waals surface area contributed by atoms with Gasteiger partial charge in [-0.15, -0.1) is 0 Å². The van der Waals surface area contributed by atoms with E-state index in [2.05, 4.69) is 33.6 Å². The van der Waals surface area contributed by atoms with E-state index in [1.54, 1.807) is 30.5 Å². The number of carbonyl (C=O) groups excluding carboxylic acids is 2. The highest BCUT2D eigenvalue weighted by molar-refractivity contribution is 6.34. The van der Waals surface area contributed by atoms with Crippen molar-refractivity contribution in [1.82, 2.24) is 20.6 Å². The number of aryl methyl sites for hydroxylation is 1. The third-order valence-corrected chi connectivity index (χ3v) is 7.52. The molecule has 0 spiro atoms. The Labute approximate surface area is 247 Å². The van der Waals surface area contributed by atoms with Gasteiger partial charge in [-0.1, -0.05) is 36.7 Å². The van der Waals surface area contributed by atoms with Crippen molar-refractivity contribution >= 4 is 34.3 Å². The minimum absolute atomic E-state index is 0.0857. The second-order valence-corrected chi connectivity index (χ2v) is 10.4. The summed E-state index contributed by atoms with van der Waals surface area (Å²) in [5, 5.41) is 6.84. The van der Waals surface area contributed by atoms with Crippen LogP contribution in [-0.4, -0.2) is 28.8 Å². The van der Waals surface area contributed by atoms with E-state index in [4.69, 9.17) is 11.6 Å². The van der Waals surface area contributed by atoms with Gasteiger partial charge < -0.3 is 15.6 Å². The zero-order chi connectivity index (χ0) is 29.8. The summed E-state index contributed by atoms with van der Waals surface area (Å²) in [6, 6.07) is 17.3. The van der Waals surface area contributed by atoms with Crippen LogP contribution in [0, 0.1) is 11.6 Å². The molecule has 0 fully saturated rings. The third kappa shape index (κ3) is 6.34. The molecule has 0 radical (unpaired) electrons. The number of halogens is 3. The first-order valence-corrected chi connectivity index (χ1v) is 13.9. The van der Waals surface area contributed by atoms with E-state index in [1.807, 2.05) is 24.4 Å². The standard InChI is InChI=1S/C33H29ClF2N4O2/c1-3-19-6-9-29-27(13-19)22(18-39-29)16-31(41)40-30(14-20-11-23(35)17-24(36)12-20)32-25(5-4-10-38-32)21-7-8-26(28(34)15-21)33(42)37-2/h4-13,15,17-18,30,39H,3,14,16H2,1-2H3,(H,37,42)(H,40,41). The molecule has 1 atom stereocenters. The summed E-state index contributed by atoms with van der Waals surface area (Å²) >= 11 is 6.45. The molecule has 0 saturated heterocycles. The second kappa shape index (κ2) is 12.5. The lowest BCUT2D eigenvalue weighted by Crippen LogP contribution is -2.32. The maximum Gasteiger partial charge on any atom is 0.252 e. The molecule has 0 aliphatic heterocycles. The van der Waals surface area contributed by atoms with Gasteiger partial charge in [0.05, 0.1) is 28.7 Å². The summed E-state index contributed by atoms with van der Waals surface area (Å²) in [7, 11) is 1.52. The fourth-order valence-electron chi connectivity index (χ4n) is 5.13. The number of rotatable bonds is 9. The Morgan fingerprint density at radius 3 is 2.50 bits per heavy atom. The van der Waals surface area contributed by atoms with Gasteiger partial charge in [0.2, 0.25) is 5.91 Å². The molecule has 9 heteroatoms. The Bertz CT molecular complexity index is 1770. The van der Waals surface area contributed by atoms with Gasteiger partial charge in [-0.2, -0.15) is 0 Å². The largest absolute Gasteiger partial charge is 0.361 e. The van der Waals surface area contributed by atoms with E-state index in [0.717, 1.165) is 34.5 Å². The molecule has 0 saturated carbocycles. The van der Waals surface area contributed by atoms with Gasteiger partial charge in [0.25, 0.3) is 5.91 Å². The Balaban J connectivity index is 1.51. The molecule has 2 aromatic heterocycles. The maximum atomic E-state index is 14.1. The van der Waals surface area contributed by atoms with Crippen LogP contribution in [0.5, 0.6) is 0 Å². The van der Waals surface area contributed by atoms with E-state index >= 15 is 0 Å². The topological polar surface area (TPSA) is 86.9 Å². The van der Waals surface area contributed by atoms with Crippen molar-refractivity contribution in [3.8, 4) is 11.1 Å². The molecule has 0 bridgehead atoms. The van der Waals surface area contributed by atoms with Crippen LogP contribution in [0.15, 0.2) is 79.1 Å². The second-order valence-electron chi connectivity index (χ2n) is 10.0. The summed E-state index contributed by atoms with van der Waals surface area (Å²) in [5.74, 6) is -2.01. The minimum Gasteiger partial charge on any atom is -0.361 e. The van der Waals surface area contributed by atoms with Crippen molar-refractivity contribution in [1.29, 1.82) is 0 Å². The average molecular weight is 587 g/mol. The molecular weight excluding hydrogens is 558 g/mol. The molecule has 0 aliphatic rings. The van der Waals surface area contributed by atoms with Crippen LogP contribution in [-0.2, 0) is 24.1 Å². The molecule has 0 aliphatic carbocycles. The number of amides is 2. The molecule has 42 heavy (non-hydrogen) atoms. The monoisotopic (exact) mass is 586 g/mol. The Morgan fingerprint density at radius 1 is 1.00 bits per heavy atom. The van der Waals surface area contributed by atoms with Gasteiger partial charge in [-0.25, -0.2) is 8.78 Å². The predicted octanol–water partition coefficient (Wildman–Crippen LogP) is 6.73. The highest BCUT2D eigenvalue weighted by atomic mass is 35.5. The maximum absolute atomic E-state index is 14.1. The van der Waals surface area contributed by atoms with Gasteiger partial charge in [0.1, 0.15) is 11.6 Å². The Hall–Kier alpha value is -4.56. The number of aromatic amines is 1. The molecule has 6 nitrogen and oxygen atoms in total. The van der Waals surface area contributed by atoms with Crippen molar-refractivity contribution in [3.05, 3.63) is 124 Å². The molecule has 1 unspecified atom stereocenters. The van der Waals surface area contributed by atoms with Crippen LogP contribution in [0.1, 0.15) is 45.7 Å². The first-order valence-electron chi connectivity index (χ1n) is 13.6. The molecule has 3 N–H and O–H groups in total. The Kier molecular flexibility index (Phi) is 8.64. The average Bonchev–Trinajstić information content (AvgIpc) is 3.37. The zero-order valence-corrected chi connectivity index (χ0v) is 23.9. The minimum atomic E-state index is -0.733. The number of H-pyrrole nitrogens is 1. The third-order valence-electron chi connectivity index (χ3n) is 7.21. The molecular formula is C33H29ClF2N4O2. The first-order chi connectivity index (χ1) is 20.2. The van der Waals surface area contributed by atoms with Crippen LogP contribution in [0.3, 0.4) is 0 Å². The van der Waals surface area contributed by atoms with Crippen LogP contribution >= 0.6 is 11.6 Å². The number of fused-ring (bicyclic) bond motifs is 1. The molecule has 2 heterocycles. The van der Waals surface area contributed by atoms with Crippen molar-refractivity contribution < 1.29 is 18.4 Å². The quantitative estimate of drug-likeness (QED) is 0.179. The summed E-state index contributed by atoms with van der Waals surface area (Å²) in [5.41, 5.74) is 5.44. The van der Waals surface area contributed by atoms with Crippen LogP contribution < -0.4 is 10.6 Å². The molecule has 3 aromatic carbocycles. The summed E-state index contributed by atoms with van der Waals surface area (Å²) in [6.45, 7) is 2.07. The SMILES string of the molecule is CCc1ccc2[nH]cc(CC(=O)NC(Cc3cc(F)cc(F)c3)c3ncccc3-c3ccc(C(=O)NC)c(Cl)c3)c2c1. The highest BCUT2D eigenvalue weighted by Crippen LogP contribution is 2.32. The van der Waals surface area contributed by atoms with Crippen molar-refractivity contribution in [2.24, 2.45) is 0 Å². The Morgan fingerprint density at radius 2 is 1.79 bits per heavy atom. The smallest absolute Gasteiger partial charge is 0.252 e. The lowest BCUT2D eigenvalue weighted by atomic mass is 9.94. The molecule has 2 amide bonds. The number of nitrogens with one attached hydrogen (secondary N) is 3. The lowest BCUT2D eigenvalue weighted by molar-refractivity contribution is -0.121. The normalized spacial score (nSPS) is 11.8. The fourth-order valence-corrected chi connectivity index (χ4v) is 5.40. The number of carbonyl (C=O) groups is 2. The number of pyridine rings is 1. The molecule has 214 valence electrons. The van der Waals surface area contributed by atoms with Gasteiger partial charge in [-0.05, 0) is 77.6 Å². The van der Waals surface area contributed by atoms with E-state index in [-0.39, 0.29) is 29.7 Å². The zero-order valence-electron chi connectivity index (χ0n) is 23.1. The van der Waals surface area contributed by atoms with Gasteiger partial charge >= 0.3 is 0 Å². The van der Waals surface area contributed by atoms with Gasteiger partial charge in [0, 0.05) is 42.0 Å². The van der Waals surface area contributed by atoms with Gasteiger partial charge in [-0.3, -0.25) is 14.6 Å². The molecule has 5 aromatic rings. The number of hydrogen-bond acceptors (Lipinski definition) is 3. The summed E-state index contributed by atoms with van der Waals surface area (Å²) in [4.78, 5) is 33.5. The fraction of sp³-hybridized carbons (Fsp3) is 0.182. The van der Waals surface area contributed by atoms with Crippen molar-refractivity contribution in [3.63, 3.8) is 0 Å². The van der Waals surface area contributed by atoms with Crippen LogP contribution in [0.25, 0.3) is 22.0 Å². The highest BCUT2D eigenvalue weighted by Gasteiger charge is 2.23. The van der Waals surface area contributed by atoms with Gasteiger partial charge in [0.15, 0.2) is 0 Å². The van der Waals surface area contributed by atoms with Crippen molar-refractivity contribution in [2.45, 2.75) is 32.2 Å². The lowest BCUT2D eigenvalue weighted by Gasteiger charge is -2.22. The van der Waals surface area contributed by atoms with E-state index in [9.17, 15) is 18.4 Å². The number of hydrogen-bond donors (Lipinski definition) is 3. The number of aromatic nitrogens is 2. The van der Waals surface area contributed by atoms with E-state index in [1.165, 1.54) is 19.2 Å². The van der Waals surface area contributed by atoms with Crippen molar-refractivity contribution in [2.75, 3.05) is 7.05 Å². The summed E-state index contributed by atoms with van der Waals surface area (Å²) < 4.78 is 28.3. The molecule has 5 rings (SSSR count). The van der Waals surface area contributed by atoms with Crippen LogP contribution in [0.4, 0.5) is 8.78 Å². The predicted molar refractivity (Wildman–Crippen MR) is 160 cm³/mol. The van der Waals surface area contributed by atoms with E-state index < -0.39 is 17.7 Å². The number of nitrogens with zero attached hydrogens (tertiary/aromatic N) is 1.